The van der Waals surface area contributed by atoms with E-state index in [1.807, 2.05) is 24.6 Å². The SMILES string of the molecule is CCCNCc1cc(F)ccc1-n1nc(C)cc1C. The number of benzene rings is 1. The molecule has 2 aromatic rings. The number of nitrogens with one attached hydrogen (secondary N) is 1. The maximum Gasteiger partial charge on any atom is 0.123 e. The van der Waals surface area contributed by atoms with E-state index in [4.69, 9.17) is 0 Å². The van der Waals surface area contributed by atoms with Crippen molar-refractivity contribution in [2.45, 2.75) is 33.7 Å². The topological polar surface area (TPSA) is 29.9 Å². The summed E-state index contributed by atoms with van der Waals surface area (Å²) < 4.78 is 15.3. The minimum Gasteiger partial charge on any atom is -0.313 e. The van der Waals surface area contributed by atoms with E-state index in [1.165, 1.54) is 6.07 Å². The zero-order valence-corrected chi connectivity index (χ0v) is 11.7. The first-order valence-corrected chi connectivity index (χ1v) is 6.64. The maximum absolute atomic E-state index is 13.4. The Balaban J connectivity index is 2.36. The summed E-state index contributed by atoms with van der Waals surface area (Å²) in [6, 6.07) is 6.87. The molecule has 1 N–H and O–H groups in total. The molecule has 102 valence electrons. The molecule has 0 radical (unpaired) electrons. The van der Waals surface area contributed by atoms with Crippen molar-refractivity contribution in [3.05, 3.63) is 47.0 Å². The van der Waals surface area contributed by atoms with Crippen molar-refractivity contribution in [3.63, 3.8) is 0 Å². The van der Waals surface area contributed by atoms with Crippen LogP contribution < -0.4 is 5.32 Å². The molecule has 0 aliphatic rings. The van der Waals surface area contributed by atoms with Crippen LogP contribution in [0.2, 0.25) is 0 Å². The Kier molecular flexibility index (Phi) is 4.32. The van der Waals surface area contributed by atoms with Gasteiger partial charge in [-0.25, -0.2) is 9.07 Å². The molecule has 1 heterocycles. The van der Waals surface area contributed by atoms with Gasteiger partial charge < -0.3 is 5.32 Å². The second-order valence-corrected chi connectivity index (χ2v) is 4.79. The molecule has 3 nitrogen and oxygen atoms in total. The fourth-order valence-electron chi connectivity index (χ4n) is 2.17. The highest BCUT2D eigenvalue weighted by Gasteiger charge is 2.09. The van der Waals surface area contributed by atoms with Crippen LogP contribution in [0.4, 0.5) is 4.39 Å². The van der Waals surface area contributed by atoms with Gasteiger partial charge in [0.25, 0.3) is 0 Å². The van der Waals surface area contributed by atoms with Crippen molar-refractivity contribution in [3.8, 4) is 5.69 Å². The number of halogens is 1. The van der Waals surface area contributed by atoms with E-state index in [0.717, 1.165) is 35.6 Å². The summed E-state index contributed by atoms with van der Waals surface area (Å²) in [5.41, 5.74) is 3.89. The highest BCUT2D eigenvalue weighted by Crippen LogP contribution is 2.18. The monoisotopic (exact) mass is 261 g/mol. The third-order valence-electron chi connectivity index (χ3n) is 3.02. The third kappa shape index (κ3) is 3.20. The van der Waals surface area contributed by atoms with Gasteiger partial charge in [0.15, 0.2) is 0 Å². The van der Waals surface area contributed by atoms with Gasteiger partial charge in [-0.15, -0.1) is 0 Å². The zero-order chi connectivity index (χ0) is 13.8. The lowest BCUT2D eigenvalue weighted by Gasteiger charge is -2.12. The third-order valence-corrected chi connectivity index (χ3v) is 3.02. The molecule has 0 aliphatic carbocycles. The molecule has 0 amide bonds. The molecule has 0 saturated carbocycles. The van der Waals surface area contributed by atoms with Crippen molar-refractivity contribution in [1.82, 2.24) is 15.1 Å². The zero-order valence-electron chi connectivity index (χ0n) is 11.7. The van der Waals surface area contributed by atoms with Gasteiger partial charge in [-0.05, 0) is 56.6 Å². The molecule has 0 bridgehead atoms. The lowest BCUT2D eigenvalue weighted by molar-refractivity contribution is 0.616. The van der Waals surface area contributed by atoms with E-state index < -0.39 is 0 Å². The molecule has 19 heavy (non-hydrogen) atoms. The smallest absolute Gasteiger partial charge is 0.123 e. The lowest BCUT2D eigenvalue weighted by atomic mass is 10.1. The van der Waals surface area contributed by atoms with Crippen molar-refractivity contribution in [2.24, 2.45) is 0 Å². The summed E-state index contributed by atoms with van der Waals surface area (Å²) in [6.45, 7) is 7.65. The number of aromatic nitrogens is 2. The average Bonchev–Trinajstić information content (AvgIpc) is 2.69. The quantitative estimate of drug-likeness (QED) is 0.838. The Hall–Kier alpha value is -1.68. The van der Waals surface area contributed by atoms with Gasteiger partial charge in [0.1, 0.15) is 5.82 Å². The van der Waals surface area contributed by atoms with Gasteiger partial charge in [0, 0.05) is 12.2 Å². The van der Waals surface area contributed by atoms with E-state index in [0.29, 0.717) is 6.54 Å². The van der Waals surface area contributed by atoms with Crippen LogP contribution in [-0.2, 0) is 6.54 Å². The Bertz CT molecular complexity index is 561. The summed E-state index contributed by atoms with van der Waals surface area (Å²) in [4.78, 5) is 0. The largest absolute Gasteiger partial charge is 0.313 e. The van der Waals surface area contributed by atoms with Gasteiger partial charge in [0.05, 0.1) is 11.4 Å². The fraction of sp³-hybridized carbons (Fsp3) is 0.400. The molecule has 0 saturated heterocycles. The molecule has 2 rings (SSSR count). The highest BCUT2D eigenvalue weighted by atomic mass is 19.1. The van der Waals surface area contributed by atoms with Crippen LogP contribution in [0.5, 0.6) is 0 Å². The van der Waals surface area contributed by atoms with E-state index >= 15 is 0 Å². The molecule has 4 heteroatoms. The van der Waals surface area contributed by atoms with Crippen molar-refractivity contribution >= 4 is 0 Å². The second-order valence-electron chi connectivity index (χ2n) is 4.79. The molecular formula is C15H20FN3. The molecule has 1 aromatic heterocycles. The highest BCUT2D eigenvalue weighted by molar-refractivity contribution is 5.42. The molecule has 1 aromatic carbocycles. The van der Waals surface area contributed by atoms with Gasteiger partial charge in [0.2, 0.25) is 0 Å². The number of nitrogens with zero attached hydrogens (tertiary/aromatic N) is 2. The first-order chi connectivity index (χ1) is 9.11. The van der Waals surface area contributed by atoms with Crippen LogP contribution in [0.1, 0.15) is 30.3 Å². The summed E-state index contributed by atoms with van der Waals surface area (Å²) in [5, 5.41) is 7.77. The van der Waals surface area contributed by atoms with Crippen molar-refractivity contribution < 1.29 is 4.39 Å². The number of aryl methyl sites for hydroxylation is 2. The Morgan fingerprint density at radius 2 is 2.05 bits per heavy atom. The average molecular weight is 261 g/mol. The second kappa shape index (κ2) is 5.97. The minimum absolute atomic E-state index is 0.210. The first-order valence-electron chi connectivity index (χ1n) is 6.64. The van der Waals surface area contributed by atoms with Crippen LogP contribution in [0.15, 0.2) is 24.3 Å². The minimum atomic E-state index is -0.210. The molecule has 0 aliphatic heterocycles. The van der Waals surface area contributed by atoms with Gasteiger partial charge in [-0.2, -0.15) is 5.10 Å². The van der Waals surface area contributed by atoms with Gasteiger partial charge in [-0.3, -0.25) is 0 Å². The fourth-order valence-corrected chi connectivity index (χ4v) is 2.17. The van der Waals surface area contributed by atoms with Crippen molar-refractivity contribution in [1.29, 1.82) is 0 Å². The van der Waals surface area contributed by atoms with E-state index in [2.05, 4.69) is 17.3 Å². The van der Waals surface area contributed by atoms with E-state index in [9.17, 15) is 4.39 Å². The van der Waals surface area contributed by atoms with Crippen molar-refractivity contribution in [2.75, 3.05) is 6.54 Å². The van der Waals surface area contributed by atoms with Crippen LogP contribution >= 0.6 is 0 Å². The first kappa shape index (κ1) is 13.7. The summed E-state index contributed by atoms with van der Waals surface area (Å²) in [7, 11) is 0. The predicted octanol–water partition coefficient (Wildman–Crippen LogP) is 3.13. The Labute approximate surface area is 113 Å². The van der Waals surface area contributed by atoms with E-state index in [-0.39, 0.29) is 5.82 Å². The van der Waals surface area contributed by atoms with Gasteiger partial charge in [-0.1, -0.05) is 6.92 Å². The molecule has 0 fully saturated rings. The number of hydrogen-bond acceptors (Lipinski definition) is 2. The summed E-state index contributed by atoms with van der Waals surface area (Å²) in [6.07, 6.45) is 1.06. The number of rotatable bonds is 5. The predicted molar refractivity (Wildman–Crippen MR) is 75.0 cm³/mol. The lowest BCUT2D eigenvalue weighted by Crippen LogP contribution is -2.16. The molecule has 0 atom stereocenters. The van der Waals surface area contributed by atoms with Gasteiger partial charge >= 0.3 is 0 Å². The molecule has 0 spiro atoms. The van der Waals surface area contributed by atoms with Crippen LogP contribution in [0, 0.1) is 19.7 Å². The van der Waals surface area contributed by atoms with Crippen LogP contribution in [0.3, 0.4) is 0 Å². The summed E-state index contributed by atoms with van der Waals surface area (Å²) >= 11 is 0. The standard InChI is InChI=1S/C15H20FN3/c1-4-7-17-10-13-9-14(16)5-6-15(13)19-12(3)8-11(2)18-19/h5-6,8-9,17H,4,7,10H2,1-3H3. The molecular weight excluding hydrogens is 241 g/mol. The number of hydrogen-bond donors (Lipinski definition) is 1. The normalized spacial score (nSPS) is 10.9. The Morgan fingerprint density at radius 3 is 2.68 bits per heavy atom. The van der Waals surface area contributed by atoms with Crippen LogP contribution in [-0.4, -0.2) is 16.3 Å². The molecule has 0 unspecified atom stereocenters. The van der Waals surface area contributed by atoms with E-state index in [1.54, 1.807) is 12.1 Å². The summed E-state index contributed by atoms with van der Waals surface area (Å²) in [5.74, 6) is -0.210. The maximum atomic E-state index is 13.4. The van der Waals surface area contributed by atoms with Crippen LogP contribution in [0.25, 0.3) is 5.69 Å². The Morgan fingerprint density at radius 1 is 1.26 bits per heavy atom.